The molecule has 1 aliphatic carbocycles. The van der Waals surface area contributed by atoms with Crippen LogP contribution in [0.25, 0.3) is 11.3 Å². The van der Waals surface area contributed by atoms with Gasteiger partial charge in [-0.05, 0) is 35.8 Å². The summed E-state index contributed by atoms with van der Waals surface area (Å²) in [6.45, 7) is 3.61. The standard InChI is InChI=1S/C15H17FN4O2/c1-7(2)8-3-9(8)10-4-12(19-20-13(10)5-16)11-6-17-15(22)18-14(11)21/h4,6-9H,3,5H2,1-2H3,(H2,17,18,21,22)/t8-,9+/m1/s1. The molecule has 116 valence electrons. The third-order valence-corrected chi connectivity index (χ3v) is 4.22. The van der Waals surface area contributed by atoms with Gasteiger partial charge in [0, 0.05) is 6.20 Å². The lowest BCUT2D eigenvalue weighted by Gasteiger charge is -2.08. The third kappa shape index (κ3) is 2.58. The largest absolute Gasteiger partial charge is 0.325 e. The minimum absolute atomic E-state index is 0.223. The second-order valence-corrected chi connectivity index (χ2v) is 6.00. The van der Waals surface area contributed by atoms with E-state index < -0.39 is 17.9 Å². The van der Waals surface area contributed by atoms with E-state index in [1.807, 2.05) is 0 Å². The molecule has 3 rings (SSSR count). The first-order chi connectivity index (χ1) is 10.5. The van der Waals surface area contributed by atoms with E-state index in [0.29, 0.717) is 23.2 Å². The quantitative estimate of drug-likeness (QED) is 0.900. The molecule has 0 bridgehead atoms. The van der Waals surface area contributed by atoms with Crippen LogP contribution in [0.1, 0.15) is 37.4 Å². The Kier molecular flexibility index (Phi) is 3.64. The first-order valence-corrected chi connectivity index (χ1v) is 7.26. The topological polar surface area (TPSA) is 91.5 Å². The highest BCUT2D eigenvalue weighted by molar-refractivity contribution is 5.57. The van der Waals surface area contributed by atoms with Gasteiger partial charge in [-0.25, -0.2) is 9.18 Å². The molecule has 22 heavy (non-hydrogen) atoms. The summed E-state index contributed by atoms with van der Waals surface area (Å²) in [5.74, 6) is 1.30. The van der Waals surface area contributed by atoms with Crippen LogP contribution in [-0.2, 0) is 6.67 Å². The molecule has 0 amide bonds. The van der Waals surface area contributed by atoms with Crippen molar-refractivity contribution in [1.29, 1.82) is 0 Å². The molecule has 1 fully saturated rings. The summed E-state index contributed by atoms with van der Waals surface area (Å²) in [5, 5.41) is 7.84. The van der Waals surface area contributed by atoms with Crippen molar-refractivity contribution in [3.05, 3.63) is 44.4 Å². The van der Waals surface area contributed by atoms with Gasteiger partial charge in [0.25, 0.3) is 5.56 Å². The molecule has 2 atom stereocenters. The number of halogens is 1. The van der Waals surface area contributed by atoms with E-state index in [2.05, 4.69) is 34.0 Å². The van der Waals surface area contributed by atoms with E-state index in [1.54, 1.807) is 6.07 Å². The van der Waals surface area contributed by atoms with Gasteiger partial charge in [-0.15, -0.1) is 5.10 Å². The molecule has 2 aromatic rings. The molecule has 1 saturated carbocycles. The Bertz CT molecular complexity index is 812. The molecule has 0 aliphatic heterocycles. The molecule has 2 aromatic heterocycles. The summed E-state index contributed by atoms with van der Waals surface area (Å²) in [6, 6.07) is 1.72. The van der Waals surface area contributed by atoms with Crippen molar-refractivity contribution in [2.24, 2.45) is 11.8 Å². The molecule has 0 saturated heterocycles. The number of rotatable bonds is 4. The number of aromatic nitrogens is 4. The van der Waals surface area contributed by atoms with Gasteiger partial charge in [0.2, 0.25) is 0 Å². The maximum Gasteiger partial charge on any atom is 0.325 e. The lowest BCUT2D eigenvalue weighted by molar-refractivity contribution is 0.466. The average molecular weight is 304 g/mol. The van der Waals surface area contributed by atoms with Gasteiger partial charge in [-0.1, -0.05) is 13.8 Å². The smallest absolute Gasteiger partial charge is 0.313 e. The highest BCUT2D eigenvalue weighted by Crippen LogP contribution is 2.52. The van der Waals surface area contributed by atoms with Crippen molar-refractivity contribution in [2.45, 2.75) is 32.9 Å². The predicted molar refractivity (Wildman–Crippen MR) is 79.2 cm³/mol. The summed E-state index contributed by atoms with van der Waals surface area (Å²) in [7, 11) is 0. The van der Waals surface area contributed by atoms with Crippen molar-refractivity contribution in [3.63, 3.8) is 0 Å². The van der Waals surface area contributed by atoms with Crippen LogP contribution in [0.15, 0.2) is 21.9 Å². The molecule has 0 aromatic carbocycles. The monoisotopic (exact) mass is 304 g/mol. The van der Waals surface area contributed by atoms with Crippen LogP contribution >= 0.6 is 0 Å². The number of nitrogens with one attached hydrogen (secondary N) is 2. The number of nitrogens with zero attached hydrogens (tertiary/aromatic N) is 2. The minimum Gasteiger partial charge on any atom is -0.313 e. The molecule has 0 radical (unpaired) electrons. The number of aromatic amines is 2. The first kappa shape index (κ1) is 14.6. The van der Waals surface area contributed by atoms with Crippen LogP contribution < -0.4 is 11.2 Å². The molecule has 7 heteroatoms. The molecule has 2 N–H and O–H groups in total. The first-order valence-electron chi connectivity index (χ1n) is 7.26. The van der Waals surface area contributed by atoms with Crippen LogP contribution in [0, 0.1) is 11.8 Å². The van der Waals surface area contributed by atoms with Crippen molar-refractivity contribution in [1.82, 2.24) is 20.2 Å². The zero-order valence-electron chi connectivity index (χ0n) is 12.4. The van der Waals surface area contributed by atoms with E-state index in [-0.39, 0.29) is 11.5 Å². The molecule has 0 spiro atoms. The summed E-state index contributed by atoms with van der Waals surface area (Å²) in [4.78, 5) is 27.5. The van der Waals surface area contributed by atoms with Gasteiger partial charge in [0.1, 0.15) is 12.4 Å². The Morgan fingerprint density at radius 1 is 1.36 bits per heavy atom. The summed E-state index contributed by atoms with van der Waals surface area (Å²) in [5.41, 5.74) is 0.603. The lowest BCUT2D eigenvalue weighted by atomic mass is 10.0. The molecule has 0 unspecified atom stereocenters. The highest BCUT2D eigenvalue weighted by atomic mass is 19.1. The van der Waals surface area contributed by atoms with Crippen LogP contribution in [0.3, 0.4) is 0 Å². The van der Waals surface area contributed by atoms with Crippen LogP contribution in [0.5, 0.6) is 0 Å². The van der Waals surface area contributed by atoms with Crippen LogP contribution in [-0.4, -0.2) is 20.2 Å². The van der Waals surface area contributed by atoms with Crippen molar-refractivity contribution < 1.29 is 4.39 Å². The van der Waals surface area contributed by atoms with Crippen LogP contribution in [0.2, 0.25) is 0 Å². The molecule has 2 heterocycles. The van der Waals surface area contributed by atoms with Gasteiger partial charge >= 0.3 is 5.69 Å². The molecule has 6 nitrogen and oxygen atoms in total. The van der Waals surface area contributed by atoms with Gasteiger partial charge < -0.3 is 4.98 Å². The zero-order chi connectivity index (χ0) is 15.9. The molecular formula is C15H17FN4O2. The van der Waals surface area contributed by atoms with E-state index in [1.165, 1.54) is 6.20 Å². The van der Waals surface area contributed by atoms with Crippen molar-refractivity contribution in [3.8, 4) is 11.3 Å². The van der Waals surface area contributed by atoms with Crippen LogP contribution in [0.4, 0.5) is 4.39 Å². The van der Waals surface area contributed by atoms with Crippen molar-refractivity contribution in [2.75, 3.05) is 0 Å². The van der Waals surface area contributed by atoms with E-state index in [9.17, 15) is 14.0 Å². The van der Waals surface area contributed by atoms with E-state index in [4.69, 9.17) is 0 Å². The number of hydrogen-bond acceptors (Lipinski definition) is 4. The average Bonchev–Trinajstić information content (AvgIpc) is 3.27. The van der Waals surface area contributed by atoms with Gasteiger partial charge in [-0.3, -0.25) is 9.78 Å². The second kappa shape index (κ2) is 5.47. The summed E-state index contributed by atoms with van der Waals surface area (Å²) in [6.07, 6.45) is 2.30. The maximum absolute atomic E-state index is 13.2. The Hall–Kier alpha value is -2.31. The Morgan fingerprint density at radius 3 is 2.73 bits per heavy atom. The number of hydrogen-bond donors (Lipinski definition) is 2. The third-order valence-electron chi connectivity index (χ3n) is 4.22. The van der Waals surface area contributed by atoms with Gasteiger partial charge in [-0.2, -0.15) is 5.10 Å². The minimum atomic E-state index is -0.675. The Balaban J connectivity index is 2.04. The second-order valence-electron chi connectivity index (χ2n) is 6.00. The fourth-order valence-corrected chi connectivity index (χ4v) is 2.90. The van der Waals surface area contributed by atoms with Crippen molar-refractivity contribution >= 4 is 0 Å². The number of H-pyrrole nitrogens is 2. The Labute approximate surface area is 125 Å². The Morgan fingerprint density at radius 2 is 2.14 bits per heavy atom. The number of alkyl halides is 1. The predicted octanol–water partition coefficient (Wildman–Crippen LogP) is 1.75. The van der Waals surface area contributed by atoms with Gasteiger partial charge in [0.05, 0.1) is 11.3 Å². The maximum atomic E-state index is 13.2. The summed E-state index contributed by atoms with van der Waals surface area (Å²) < 4.78 is 13.2. The molecular weight excluding hydrogens is 287 g/mol. The fraction of sp³-hybridized carbons (Fsp3) is 0.467. The van der Waals surface area contributed by atoms with E-state index in [0.717, 1.165) is 12.0 Å². The van der Waals surface area contributed by atoms with E-state index >= 15 is 0 Å². The summed E-state index contributed by atoms with van der Waals surface area (Å²) >= 11 is 0. The normalized spacial score (nSPS) is 20.4. The molecule has 1 aliphatic rings. The SMILES string of the molecule is CC(C)[C@H]1C[C@@H]1c1cc(-c2c[nH]c(=O)[nH]c2=O)nnc1CF. The lowest BCUT2D eigenvalue weighted by Crippen LogP contribution is -2.23. The highest BCUT2D eigenvalue weighted by Gasteiger charge is 2.42. The fourth-order valence-electron chi connectivity index (χ4n) is 2.90. The van der Waals surface area contributed by atoms with Gasteiger partial charge in [0.15, 0.2) is 0 Å². The zero-order valence-corrected chi connectivity index (χ0v) is 12.4.